The number of aryl methyl sites for hydroxylation is 2. The molecule has 0 amide bonds. The summed E-state index contributed by atoms with van der Waals surface area (Å²) in [4.78, 5) is 26.2. The van der Waals surface area contributed by atoms with Crippen LogP contribution in [0.3, 0.4) is 0 Å². The van der Waals surface area contributed by atoms with Crippen molar-refractivity contribution in [2.45, 2.75) is 26.7 Å². The highest BCUT2D eigenvalue weighted by Gasteiger charge is 2.18. The number of nitrogens with zero attached hydrogens (tertiary/aromatic N) is 1. The third-order valence-electron chi connectivity index (χ3n) is 5.14. The SMILES string of the molecule is Cc1cc2ccccc2[nH]c1=O.Cc1cc2ccccc2n(CC2OCCO2)c1=O. The van der Waals surface area contributed by atoms with Gasteiger partial charge in [-0.2, -0.15) is 0 Å². The molecule has 0 atom stereocenters. The van der Waals surface area contributed by atoms with Crippen LogP contribution in [0.2, 0.25) is 0 Å². The van der Waals surface area contributed by atoms with Crippen molar-refractivity contribution in [1.82, 2.24) is 9.55 Å². The Labute approximate surface area is 173 Å². The lowest BCUT2D eigenvalue weighted by Gasteiger charge is -2.15. The molecule has 6 nitrogen and oxygen atoms in total. The van der Waals surface area contributed by atoms with Crippen LogP contribution in [-0.4, -0.2) is 29.1 Å². The summed E-state index contributed by atoms with van der Waals surface area (Å²) in [7, 11) is 0. The lowest BCUT2D eigenvalue weighted by molar-refractivity contribution is -0.0523. The van der Waals surface area contributed by atoms with E-state index in [1.165, 1.54) is 0 Å². The molecule has 0 aliphatic carbocycles. The Hall–Kier alpha value is -3.22. The van der Waals surface area contributed by atoms with Crippen molar-refractivity contribution in [2.24, 2.45) is 0 Å². The number of fused-ring (bicyclic) bond motifs is 2. The van der Waals surface area contributed by atoms with E-state index in [-0.39, 0.29) is 17.4 Å². The minimum Gasteiger partial charge on any atom is -0.348 e. The maximum Gasteiger partial charge on any atom is 0.254 e. The number of ether oxygens (including phenoxy) is 2. The van der Waals surface area contributed by atoms with Crippen LogP contribution in [0.4, 0.5) is 0 Å². The molecule has 1 aliphatic rings. The molecule has 0 radical (unpaired) electrons. The first kappa shape index (κ1) is 20.1. The molecule has 0 bridgehead atoms. The van der Waals surface area contributed by atoms with Crippen LogP contribution in [0.25, 0.3) is 21.8 Å². The van der Waals surface area contributed by atoms with Crippen LogP contribution in [0.5, 0.6) is 0 Å². The number of aromatic nitrogens is 2. The maximum absolute atomic E-state index is 12.2. The largest absolute Gasteiger partial charge is 0.348 e. The van der Waals surface area contributed by atoms with E-state index in [9.17, 15) is 9.59 Å². The van der Waals surface area contributed by atoms with Gasteiger partial charge in [-0.3, -0.25) is 9.59 Å². The second-order valence-electron chi connectivity index (χ2n) is 7.34. The fourth-order valence-electron chi connectivity index (χ4n) is 3.57. The smallest absolute Gasteiger partial charge is 0.254 e. The van der Waals surface area contributed by atoms with E-state index in [4.69, 9.17) is 9.47 Å². The van der Waals surface area contributed by atoms with E-state index in [2.05, 4.69) is 4.98 Å². The second kappa shape index (κ2) is 8.65. The van der Waals surface area contributed by atoms with E-state index in [0.29, 0.717) is 19.8 Å². The van der Waals surface area contributed by atoms with E-state index >= 15 is 0 Å². The summed E-state index contributed by atoms with van der Waals surface area (Å²) >= 11 is 0. The van der Waals surface area contributed by atoms with Gasteiger partial charge in [-0.15, -0.1) is 0 Å². The van der Waals surface area contributed by atoms with Crippen molar-refractivity contribution in [2.75, 3.05) is 13.2 Å². The molecular formula is C24H24N2O4. The van der Waals surface area contributed by atoms with Gasteiger partial charge in [0.15, 0.2) is 6.29 Å². The molecule has 1 aliphatic heterocycles. The fourth-order valence-corrected chi connectivity index (χ4v) is 3.57. The van der Waals surface area contributed by atoms with Crippen molar-refractivity contribution in [1.29, 1.82) is 0 Å². The molecule has 5 rings (SSSR count). The van der Waals surface area contributed by atoms with Gasteiger partial charge < -0.3 is 19.0 Å². The number of pyridine rings is 2. The van der Waals surface area contributed by atoms with Gasteiger partial charge in [-0.25, -0.2) is 0 Å². The van der Waals surface area contributed by atoms with Crippen LogP contribution in [0.15, 0.2) is 70.3 Å². The van der Waals surface area contributed by atoms with Crippen LogP contribution >= 0.6 is 0 Å². The monoisotopic (exact) mass is 404 g/mol. The first-order valence-electron chi connectivity index (χ1n) is 9.94. The van der Waals surface area contributed by atoms with Gasteiger partial charge in [0.25, 0.3) is 11.1 Å². The summed E-state index contributed by atoms with van der Waals surface area (Å²) in [5.41, 5.74) is 3.34. The summed E-state index contributed by atoms with van der Waals surface area (Å²) in [6.07, 6.45) is -0.312. The number of hydrogen-bond donors (Lipinski definition) is 1. The molecule has 0 spiro atoms. The quantitative estimate of drug-likeness (QED) is 0.555. The average Bonchev–Trinajstić information content (AvgIpc) is 3.26. The van der Waals surface area contributed by atoms with Crippen molar-refractivity contribution >= 4 is 21.8 Å². The number of aromatic amines is 1. The van der Waals surface area contributed by atoms with Gasteiger partial charge in [-0.1, -0.05) is 36.4 Å². The molecule has 0 saturated carbocycles. The van der Waals surface area contributed by atoms with Gasteiger partial charge in [0.2, 0.25) is 0 Å². The Bertz CT molecular complexity index is 1300. The van der Waals surface area contributed by atoms with Crippen LogP contribution in [0.1, 0.15) is 11.1 Å². The standard InChI is InChI=1S/C14H15NO3.C10H9NO/c1-10-8-11-4-2-3-5-12(11)15(14(10)16)9-13-17-6-7-18-13;1-7-6-8-4-2-3-5-9(8)11-10(7)12/h2-5,8,13H,6-7,9H2,1H3;2-6H,1H3,(H,11,12). The third-order valence-corrected chi connectivity index (χ3v) is 5.14. The van der Waals surface area contributed by atoms with Crippen LogP contribution in [0, 0.1) is 13.8 Å². The molecule has 1 N–H and O–H groups in total. The molecule has 2 aromatic carbocycles. The zero-order valence-corrected chi connectivity index (χ0v) is 17.1. The highest BCUT2D eigenvalue weighted by molar-refractivity contribution is 5.79. The van der Waals surface area contributed by atoms with Crippen molar-refractivity contribution in [3.63, 3.8) is 0 Å². The highest BCUT2D eigenvalue weighted by atomic mass is 16.7. The van der Waals surface area contributed by atoms with Crippen LogP contribution < -0.4 is 11.1 Å². The molecule has 154 valence electrons. The Morgan fingerprint density at radius 2 is 1.53 bits per heavy atom. The first-order chi connectivity index (χ1) is 14.5. The normalized spacial score (nSPS) is 14.1. The molecule has 4 aromatic rings. The summed E-state index contributed by atoms with van der Waals surface area (Å²) in [5.74, 6) is 0. The topological polar surface area (TPSA) is 73.3 Å². The average molecular weight is 404 g/mol. The highest BCUT2D eigenvalue weighted by Crippen LogP contribution is 2.15. The Morgan fingerprint density at radius 3 is 2.30 bits per heavy atom. The first-order valence-corrected chi connectivity index (χ1v) is 9.94. The van der Waals surface area contributed by atoms with Gasteiger partial charge in [0.1, 0.15) is 0 Å². The predicted octanol–water partition coefficient (Wildman–Crippen LogP) is 3.52. The molecule has 6 heteroatoms. The van der Waals surface area contributed by atoms with Gasteiger partial charge in [-0.05, 0) is 48.9 Å². The molecule has 1 fully saturated rings. The lowest BCUT2D eigenvalue weighted by Crippen LogP contribution is -2.28. The zero-order chi connectivity index (χ0) is 21.1. The van der Waals surface area contributed by atoms with Crippen LogP contribution in [-0.2, 0) is 16.0 Å². The predicted molar refractivity (Wildman–Crippen MR) is 118 cm³/mol. The van der Waals surface area contributed by atoms with Crippen molar-refractivity contribution in [3.05, 3.63) is 92.5 Å². The molecule has 2 aromatic heterocycles. The molecule has 1 saturated heterocycles. The van der Waals surface area contributed by atoms with E-state index in [0.717, 1.165) is 32.9 Å². The molecule has 3 heterocycles. The number of H-pyrrole nitrogens is 1. The van der Waals surface area contributed by atoms with Gasteiger partial charge in [0, 0.05) is 16.6 Å². The van der Waals surface area contributed by atoms with E-state index in [1.54, 1.807) is 4.57 Å². The summed E-state index contributed by atoms with van der Waals surface area (Å²) in [6.45, 7) is 5.29. The van der Waals surface area contributed by atoms with E-state index < -0.39 is 0 Å². The minimum atomic E-state index is -0.312. The number of rotatable bonds is 2. The van der Waals surface area contributed by atoms with Crippen molar-refractivity contribution < 1.29 is 9.47 Å². The van der Waals surface area contributed by atoms with Gasteiger partial charge >= 0.3 is 0 Å². The number of nitrogens with one attached hydrogen (secondary N) is 1. The number of para-hydroxylation sites is 2. The summed E-state index contributed by atoms with van der Waals surface area (Å²) in [6, 6.07) is 19.4. The minimum absolute atomic E-state index is 0.00583. The number of hydrogen-bond acceptors (Lipinski definition) is 4. The molecule has 30 heavy (non-hydrogen) atoms. The second-order valence-corrected chi connectivity index (χ2v) is 7.34. The summed E-state index contributed by atoms with van der Waals surface area (Å²) < 4.78 is 12.6. The lowest BCUT2D eigenvalue weighted by atomic mass is 10.1. The third kappa shape index (κ3) is 4.20. The Morgan fingerprint density at radius 1 is 0.900 bits per heavy atom. The van der Waals surface area contributed by atoms with E-state index in [1.807, 2.05) is 74.5 Å². The van der Waals surface area contributed by atoms with Crippen molar-refractivity contribution in [3.8, 4) is 0 Å². The zero-order valence-electron chi connectivity index (χ0n) is 17.1. The molecular weight excluding hydrogens is 380 g/mol. The maximum atomic E-state index is 12.2. The fraction of sp³-hybridized carbons (Fsp3) is 0.250. The number of benzene rings is 2. The van der Waals surface area contributed by atoms with Gasteiger partial charge in [0.05, 0.1) is 25.3 Å². The Balaban J connectivity index is 0.000000158. The molecule has 0 unspecified atom stereocenters. The Kier molecular flexibility index (Phi) is 5.79. The summed E-state index contributed by atoms with van der Waals surface area (Å²) in [5, 5.41) is 2.14.